The topological polar surface area (TPSA) is 59.1 Å². The first-order valence-corrected chi connectivity index (χ1v) is 11.5. The fraction of sp³-hybridized carbons (Fsp3) is 0.286. The van der Waals surface area contributed by atoms with Gasteiger partial charge in [-0.1, -0.05) is 30.3 Å². The van der Waals surface area contributed by atoms with Gasteiger partial charge in [0.05, 0.1) is 26.2 Å². The number of carbonyl (C=O) groups excluding carboxylic acids is 2. The third-order valence-corrected chi connectivity index (χ3v) is 6.49. The molecule has 0 radical (unpaired) electrons. The first kappa shape index (κ1) is 23.4. The van der Waals surface area contributed by atoms with Crippen LogP contribution < -0.4 is 14.4 Å². The van der Waals surface area contributed by atoms with Gasteiger partial charge in [-0.2, -0.15) is 0 Å². The lowest BCUT2D eigenvalue weighted by molar-refractivity contribution is -0.133. The van der Waals surface area contributed by atoms with Crippen molar-refractivity contribution in [3.63, 3.8) is 0 Å². The van der Waals surface area contributed by atoms with E-state index in [2.05, 4.69) is 0 Å². The number of hydrogen-bond donors (Lipinski definition) is 0. The summed E-state index contributed by atoms with van der Waals surface area (Å²) in [5.41, 5.74) is 2.88. The third kappa shape index (κ3) is 4.12. The van der Waals surface area contributed by atoms with Crippen molar-refractivity contribution in [1.29, 1.82) is 0 Å². The molecule has 4 rings (SSSR count). The molecule has 2 unspecified atom stereocenters. The summed E-state index contributed by atoms with van der Waals surface area (Å²) < 4.78 is 10.7. The molecular weight excluding hydrogens is 428 g/mol. The minimum absolute atomic E-state index is 0.00396. The third-order valence-electron chi connectivity index (χ3n) is 6.49. The molecule has 0 N–H and O–H groups in total. The van der Waals surface area contributed by atoms with Gasteiger partial charge in [0.2, 0.25) is 5.91 Å². The molecule has 2 atom stereocenters. The number of fused-ring (bicyclic) bond motifs is 1. The van der Waals surface area contributed by atoms with Crippen LogP contribution in [0.3, 0.4) is 0 Å². The van der Waals surface area contributed by atoms with Crippen LogP contribution in [0.25, 0.3) is 0 Å². The highest BCUT2D eigenvalue weighted by molar-refractivity contribution is 6.11. The summed E-state index contributed by atoms with van der Waals surface area (Å²) in [6, 6.07) is 21.9. The molecule has 0 aliphatic carbocycles. The summed E-state index contributed by atoms with van der Waals surface area (Å²) in [6.07, 6.45) is 0. The number of anilines is 1. The van der Waals surface area contributed by atoms with Crippen LogP contribution in [0, 0.1) is 0 Å². The van der Waals surface area contributed by atoms with Gasteiger partial charge < -0.3 is 14.4 Å². The lowest BCUT2D eigenvalue weighted by atomic mass is 9.78. The molecule has 3 aromatic rings. The van der Waals surface area contributed by atoms with E-state index in [1.54, 1.807) is 25.2 Å². The van der Waals surface area contributed by atoms with E-state index in [0.29, 0.717) is 35.8 Å². The van der Waals surface area contributed by atoms with E-state index in [1.807, 2.05) is 85.5 Å². The number of ether oxygens (including phenoxy) is 2. The Labute approximate surface area is 200 Å². The van der Waals surface area contributed by atoms with E-state index in [9.17, 15) is 9.59 Å². The number of likely N-dealkylation sites (N-methyl/N-ethyl adjacent to an activating group) is 1. The van der Waals surface area contributed by atoms with E-state index < -0.39 is 12.0 Å². The standard InChI is InChI=1S/C28H30N2O4/c1-5-29(6-2)28(32)25-23-9-7-8-10-24(23)27(31)30(20-13-17-22(34-4)18-14-20)26(25)19-11-15-21(33-3)16-12-19/h7-18,25-26H,5-6H2,1-4H3. The molecule has 176 valence electrons. The summed E-state index contributed by atoms with van der Waals surface area (Å²) in [5, 5.41) is 0. The molecule has 6 heteroatoms. The van der Waals surface area contributed by atoms with E-state index in [4.69, 9.17) is 9.47 Å². The number of benzene rings is 3. The second kappa shape index (κ2) is 10.00. The minimum Gasteiger partial charge on any atom is -0.497 e. The Morgan fingerprint density at radius 1 is 0.853 bits per heavy atom. The van der Waals surface area contributed by atoms with Crippen LogP contribution in [0.5, 0.6) is 11.5 Å². The summed E-state index contributed by atoms with van der Waals surface area (Å²) in [5.74, 6) is 0.734. The Kier molecular flexibility index (Phi) is 6.87. The molecule has 1 heterocycles. The number of nitrogens with zero attached hydrogens (tertiary/aromatic N) is 2. The van der Waals surface area contributed by atoms with Crippen LogP contribution in [0.2, 0.25) is 0 Å². The number of carbonyl (C=O) groups is 2. The average molecular weight is 459 g/mol. The first-order chi connectivity index (χ1) is 16.5. The molecular formula is C28H30N2O4. The number of methoxy groups -OCH3 is 2. The second-order valence-electron chi connectivity index (χ2n) is 8.17. The van der Waals surface area contributed by atoms with Crippen LogP contribution in [0.4, 0.5) is 5.69 Å². The molecule has 0 saturated carbocycles. The fourth-order valence-corrected chi connectivity index (χ4v) is 4.70. The van der Waals surface area contributed by atoms with E-state index in [0.717, 1.165) is 11.1 Å². The molecule has 34 heavy (non-hydrogen) atoms. The van der Waals surface area contributed by atoms with Crippen molar-refractivity contribution in [2.24, 2.45) is 0 Å². The van der Waals surface area contributed by atoms with Gasteiger partial charge in [0.15, 0.2) is 0 Å². The lowest BCUT2D eigenvalue weighted by Crippen LogP contribution is -2.48. The van der Waals surface area contributed by atoms with Crippen LogP contribution in [-0.4, -0.2) is 44.0 Å². The Morgan fingerprint density at radius 2 is 1.41 bits per heavy atom. The van der Waals surface area contributed by atoms with Crippen molar-refractivity contribution in [1.82, 2.24) is 4.90 Å². The fourth-order valence-electron chi connectivity index (χ4n) is 4.70. The highest BCUT2D eigenvalue weighted by atomic mass is 16.5. The van der Waals surface area contributed by atoms with E-state index in [-0.39, 0.29) is 11.8 Å². The normalized spacial score (nSPS) is 17.2. The Hall–Kier alpha value is -3.80. The monoisotopic (exact) mass is 458 g/mol. The summed E-state index contributed by atoms with van der Waals surface area (Å²) in [4.78, 5) is 31.4. The number of hydrogen-bond acceptors (Lipinski definition) is 4. The lowest BCUT2D eigenvalue weighted by Gasteiger charge is -2.43. The largest absolute Gasteiger partial charge is 0.497 e. The quantitative estimate of drug-likeness (QED) is 0.497. The molecule has 0 bridgehead atoms. The molecule has 3 aromatic carbocycles. The van der Waals surface area contributed by atoms with Crippen LogP contribution in [0.1, 0.15) is 47.3 Å². The Morgan fingerprint density at radius 3 is 1.97 bits per heavy atom. The molecule has 1 aliphatic heterocycles. The molecule has 6 nitrogen and oxygen atoms in total. The number of rotatable bonds is 7. The van der Waals surface area contributed by atoms with Crippen molar-refractivity contribution >= 4 is 17.5 Å². The average Bonchev–Trinajstić information content (AvgIpc) is 2.89. The Bertz CT molecular complexity index is 1150. The number of amides is 2. The molecule has 0 aromatic heterocycles. The van der Waals surface area contributed by atoms with Crippen LogP contribution in [-0.2, 0) is 4.79 Å². The maximum atomic E-state index is 14.0. The SMILES string of the molecule is CCN(CC)C(=O)C1c2ccccc2C(=O)N(c2ccc(OC)cc2)C1c1ccc(OC)cc1. The predicted molar refractivity (Wildman–Crippen MR) is 133 cm³/mol. The van der Waals surface area contributed by atoms with Crippen LogP contribution >= 0.6 is 0 Å². The van der Waals surface area contributed by atoms with Gasteiger partial charge >= 0.3 is 0 Å². The van der Waals surface area contributed by atoms with Gasteiger partial charge in [-0.25, -0.2) is 0 Å². The highest BCUT2D eigenvalue weighted by Gasteiger charge is 2.45. The maximum absolute atomic E-state index is 14.0. The summed E-state index contributed by atoms with van der Waals surface area (Å²) >= 11 is 0. The molecule has 0 fully saturated rings. The van der Waals surface area contributed by atoms with Crippen molar-refractivity contribution in [3.05, 3.63) is 89.5 Å². The predicted octanol–water partition coefficient (Wildman–Crippen LogP) is 5.06. The Balaban J connectivity index is 1.95. The first-order valence-electron chi connectivity index (χ1n) is 11.5. The zero-order valence-corrected chi connectivity index (χ0v) is 20.0. The molecule has 0 saturated heterocycles. The van der Waals surface area contributed by atoms with Gasteiger partial charge in [-0.3, -0.25) is 14.5 Å². The zero-order valence-electron chi connectivity index (χ0n) is 20.0. The van der Waals surface area contributed by atoms with Crippen molar-refractivity contribution in [3.8, 4) is 11.5 Å². The van der Waals surface area contributed by atoms with Crippen molar-refractivity contribution < 1.29 is 19.1 Å². The highest BCUT2D eigenvalue weighted by Crippen LogP contribution is 2.46. The van der Waals surface area contributed by atoms with Crippen LogP contribution in [0.15, 0.2) is 72.8 Å². The van der Waals surface area contributed by atoms with E-state index >= 15 is 0 Å². The smallest absolute Gasteiger partial charge is 0.259 e. The second-order valence-corrected chi connectivity index (χ2v) is 8.17. The maximum Gasteiger partial charge on any atom is 0.259 e. The van der Waals surface area contributed by atoms with Gasteiger partial charge in [0.1, 0.15) is 11.5 Å². The van der Waals surface area contributed by atoms with Gasteiger partial charge in [0.25, 0.3) is 5.91 Å². The van der Waals surface area contributed by atoms with Crippen molar-refractivity contribution in [2.75, 3.05) is 32.2 Å². The molecule has 2 amide bonds. The van der Waals surface area contributed by atoms with Crippen molar-refractivity contribution in [2.45, 2.75) is 25.8 Å². The van der Waals surface area contributed by atoms with Gasteiger partial charge in [-0.15, -0.1) is 0 Å². The minimum atomic E-state index is -0.552. The molecule has 0 spiro atoms. The van der Waals surface area contributed by atoms with Gasteiger partial charge in [-0.05, 0) is 67.4 Å². The van der Waals surface area contributed by atoms with E-state index in [1.165, 1.54) is 0 Å². The molecule has 1 aliphatic rings. The van der Waals surface area contributed by atoms with Gasteiger partial charge in [0, 0.05) is 24.3 Å². The zero-order chi connectivity index (χ0) is 24.2. The summed E-state index contributed by atoms with van der Waals surface area (Å²) in [6.45, 7) is 5.15. The summed E-state index contributed by atoms with van der Waals surface area (Å²) in [7, 11) is 3.22.